The van der Waals surface area contributed by atoms with Crippen LogP contribution in [0.15, 0.2) is 42.6 Å². The van der Waals surface area contributed by atoms with E-state index in [1.165, 1.54) is 17.4 Å². The maximum absolute atomic E-state index is 12.8. The molecule has 2 aliphatic rings. The number of benzene rings is 1. The van der Waals surface area contributed by atoms with Crippen LogP contribution in [0.25, 0.3) is 22.2 Å². The number of aliphatic hydroxyl groups is 1. The van der Waals surface area contributed by atoms with Crippen LogP contribution in [0.3, 0.4) is 0 Å². The molecular weight excluding hydrogens is 878 g/mol. The monoisotopic (exact) mass is 937 g/mol. The van der Waals surface area contributed by atoms with E-state index >= 15 is 0 Å². The molecule has 2 aliphatic heterocycles. The number of aryl methyl sites for hydroxylation is 1. The van der Waals surface area contributed by atoms with Crippen molar-refractivity contribution >= 4 is 80.0 Å². The van der Waals surface area contributed by atoms with Gasteiger partial charge in [0.2, 0.25) is 29.5 Å². The molecule has 3 aromatic heterocycles. The molecule has 0 saturated carbocycles. The highest BCUT2D eigenvalue weighted by molar-refractivity contribution is 7.16. The largest absolute Gasteiger partial charge is 0.387 e. The molecule has 0 atom stereocenters. The summed E-state index contributed by atoms with van der Waals surface area (Å²) in [6, 6.07) is 7.60. The fourth-order valence-electron chi connectivity index (χ4n) is 8.12. The molecule has 18 heteroatoms. The van der Waals surface area contributed by atoms with Crippen LogP contribution >= 0.6 is 34.5 Å². The number of anilines is 1. The Bertz CT molecular complexity index is 2290. The van der Waals surface area contributed by atoms with Crippen LogP contribution in [0.4, 0.5) is 5.00 Å². The van der Waals surface area contributed by atoms with Gasteiger partial charge < -0.3 is 40.3 Å². The van der Waals surface area contributed by atoms with Crippen LogP contribution < -0.4 is 15.5 Å². The summed E-state index contributed by atoms with van der Waals surface area (Å²) in [5, 5.41) is 22.8. The Morgan fingerprint density at radius 3 is 2.39 bits per heavy atom. The van der Waals surface area contributed by atoms with Gasteiger partial charge in [-0.15, -0.1) is 11.3 Å². The molecule has 5 heterocycles. The summed E-state index contributed by atoms with van der Waals surface area (Å²) in [5.41, 5.74) is 4.14. The van der Waals surface area contributed by atoms with Crippen molar-refractivity contribution in [3.63, 3.8) is 0 Å². The van der Waals surface area contributed by atoms with Crippen LogP contribution in [0.1, 0.15) is 80.3 Å². The third-order valence-electron chi connectivity index (χ3n) is 11.6. The van der Waals surface area contributed by atoms with Crippen molar-refractivity contribution < 1.29 is 29.1 Å². The van der Waals surface area contributed by atoms with Gasteiger partial charge in [0.25, 0.3) is 0 Å². The summed E-state index contributed by atoms with van der Waals surface area (Å²) in [4.78, 5) is 74.0. The van der Waals surface area contributed by atoms with E-state index in [4.69, 9.17) is 28.3 Å². The van der Waals surface area contributed by atoms with Crippen molar-refractivity contribution in [3.8, 4) is 11.3 Å². The van der Waals surface area contributed by atoms with E-state index in [1.54, 1.807) is 31.5 Å². The molecule has 6 rings (SSSR count). The number of halogens is 2. The Kier molecular flexibility index (Phi) is 18.2. The summed E-state index contributed by atoms with van der Waals surface area (Å²) in [6.45, 7) is 3.61. The normalized spacial score (nSPS) is 14.3. The van der Waals surface area contributed by atoms with Crippen molar-refractivity contribution in [2.24, 2.45) is 0 Å². The molecule has 0 unspecified atom stereocenters. The molecule has 64 heavy (non-hydrogen) atoms. The summed E-state index contributed by atoms with van der Waals surface area (Å²) >= 11 is 14.7. The van der Waals surface area contributed by atoms with Gasteiger partial charge >= 0.3 is 0 Å². The van der Waals surface area contributed by atoms with E-state index in [1.807, 2.05) is 43.4 Å². The van der Waals surface area contributed by atoms with Crippen molar-refractivity contribution in [1.82, 2.24) is 40.1 Å². The number of aliphatic hydroxyl groups excluding tert-OH is 1. The number of fused-ring (bicyclic) bond motifs is 3. The number of rotatable bonds is 23. The van der Waals surface area contributed by atoms with Gasteiger partial charge in [0.15, 0.2) is 0 Å². The van der Waals surface area contributed by atoms with E-state index in [2.05, 4.69) is 15.6 Å². The van der Waals surface area contributed by atoms with E-state index in [0.717, 1.165) is 83.5 Å². The van der Waals surface area contributed by atoms with Crippen LogP contribution in [0, 0.1) is 0 Å². The topological polar surface area (TPSA) is 176 Å². The highest BCUT2D eigenvalue weighted by atomic mass is 35.5. The highest BCUT2D eigenvalue weighted by Crippen LogP contribution is 2.42. The van der Waals surface area contributed by atoms with Crippen LogP contribution in [-0.2, 0) is 49.9 Å². The van der Waals surface area contributed by atoms with Gasteiger partial charge in [-0.1, -0.05) is 67.8 Å². The van der Waals surface area contributed by atoms with Gasteiger partial charge in [-0.05, 0) is 57.6 Å². The predicted molar refractivity (Wildman–Crippen MR) is 253 cm³/mol. The van der Waals surface area contributed by atoms with Crippen molar-refractivity contribution in [2.75, 3.05) is 71.4 Å². The summed E-state index contributed by atoms with van der Waals surface area (Å²) in [6.07, 6.45) is 15.7. The number of aromatic nitrogens is 3. The van der Waals surface area contributed by atoms with E-state index in [9.17, 15) is 29.1 Å². The average Bonchev–Trinajstić information content (AvgIpc) is 4.05. The van der Waals surface area contributed by atoms with Crippen LogP contribution in [-0.4, -0.2) is 131 Å². The molecular formula is C46H61Cl2N9O6S. The lowest BCUT2D eigenvalue weighted by Gasteiger charge is -2.33. The minimum absolute atomic E-state index is 0.0298. The molecule has 4 N–H and O–H groups in total. The number of nitrogens with one attached hydrogen (secondary N) is 3. The van der Waals surface area contributed by atoms with Gasteiger partial charge in [-0.2, -0.15) is 5.10 Å². The second-order valence-corrected chi connectivity index (χ2v) is 18.7. The fourth-order valence-corrected chi connectivity index (χ4v) is 9.56. The number of H-pyrrole nitrogens is 1. The van der Waals surface area contributed by atoms with Crippen LogP contribution in [0.5, 0.6) is 0 Å². The Labute approximate surface area is 389 Å². The zero-order chi connectivity index (χ0) is 45.6. The number of unbranched alkanes of at least 4 members (excludes halogenated alkanes) is 7. The molecule has 346 valence electrons. The zero-order valence-corrected chi connectivity index (χ0v) is 39.3. The first-order valence-electron chi connectivity index (χ1n) is 22.4. The molecule has 0 bridgehead atoms. The summed E-state index contributed by atoms with van der Waals surface area (Å²) in [5.74, 6) is -0.500. The lowest BCUT2D eigenvalue weighted by molar-refractivity contribution is -0.135. The highest BCUT2D eigenvalue weighted by Gasteiger charge is 2.29. The number of carbonyl (C=O) groups is 5. The number of piperazine rings is 1. The number of amides is 5. The number of carbonyl (C=O) groups excluding carboxylic acids is 5. The number of likely N-dealkylation sites (N-methyl/N-ethyl adjacent to an activating group) is 1. The Morgan fingerprint density at radius 1 is 0.906 bits per heavy atom. The van der Waals surface area contributed by atoms with Gasteiger partial charge in [0, 0.05) is 104 Å². The molecule has 15 nitrogen and oxygen atoms in total. The Balaban J connectivity index is 0.781. The SMILES string of the molecule is CN(C)C/C=C/C(=O)N1CCN(c2ccc(CCC(=O)NCCCCCCCCCCC(=O)NCCn3ccc(-c4cc(Cl)c(Cl)c5[nH]c6c(c45)CN(C(=O)CO)CC6)n3)s2)C(=O)C1. The Morgan fingerprint density at radius 2 is 1.64 bits per heavy atom. The van der Waals surface area contributed by atoms with Crippen molar-refractivity contribution in [3.05, 3.63) is 68.8 Å². The minimum atomic E-state index is -0.539. The van der Waals surface area contributed by atoms with E-state index in [0.29, 0.717) is 99.3 Å². The maximum atomic E-state index is 12.8. The lowest BCUT2D eigenvalue weighted by Crippen LogP contribution is -2.51. The average molecular weight is 939 g/mol. The molecule has 1 fully saturated rings. The zero-order valence-electron chi connectivity index (χ0n) is 36.9. The second kappa shape index (κ2) is 24.0. The molecule has 5 amide bonds. The third-order valence-corrected chi connectivity index (χ3v) is 13.6. The number of hydrogen-bond acceptors (Lipinski definition) is 9. The van der Waals surface area contributed by atoms with Crippen molar-refractivity contribution in [2.45, 2.75) is 90.1 Å². The predicted octanol–water partition coefficient (Wildman–Crippen LogP) is 5.95. The first-order valence-corrected chi connectivity index (χ1v) is 24.0. The van der Waals surface area contributed by atoms with Gasteiger partial charge in [-0.25, -0.2) is 0 Å². The number of nitrogens with zero attached hydrogens (tertiary/aromatic N) is 6. The fraction of sp³-hybridized carbons (Fsp3) is 0.522. The first-order chi connectivity index (χ1) is 30.9. The van der Waals surface area contributed by atoms with E-state index < -0.39 is 6.61 Å². The molecule has 4 aromatic rings. The number of aromatic amines is 1. The molecule has 1 saturated heterocycles. The molecule has 0 spiro atoms. The quantitative estimate of drug-likeness (QED) is 0.0522. The second-order valence-electron chi connectivity index (χ2n) is 16.7. The van der Waals surface area contributed by atoms with Crippen LogP contribution in [0.2, 0.25) is 10.0 Å². The number of thiophene rings is 1. The molecule has 0 radical (unpaired) electrons. The molecule has 1 aromatic carbocycles. The molecule has 0 aliphatic carbocycles. The lowest BCUT2D eigenvalue weighted by atomic mass is 9.99. The van der Waals surface area contributed by atoms with Gasteiger partial charge in [0.1, 0.15) is 13.2 Å². The third kappa shape index (κ3) is 13.4. The van der Waals surface area contributed by atoms with Gasteiger partial charge in [0.05, 0.1) is 32.8 Å². The summed E-state index contributed by atoms with van der Waals surface area (Å²) in [7, 11) is 3.86. The Hall–Kier alpha value is -4.74. The van der Waals surface area contributed by atoms with Gasteiger partial charge in [-0.3, -0.25) is 28.7 Å². The summed E-state index contributed by atoms with van der Waals surface area (Å²) < 4.78 is 1.79. The smallest absolute Gasteiger partial charge is 0.248 e. The first kappa shape index (κ1) is 48.7. The number of hydrogen-bond donors (Lipinski definition) is 4. The maximum Gasteiger partial charge on any atom is 0.248 e. The van der Waals surface area contributed by atoms with E-state index in [-0.39, 0.29) is 36.1 Å². The standard InChI is InChI=1S/C46H61Cl2N9O6S/c1-53(2)22-11-13-40(61)55-26-27-57(41(62)30-55)43-17-15-32(64-43)14-16-39(60)49-20-10-8-6-4-3-5-7-9-12-38(59)50-21-25-56-24-19-37(52-56)33-28-35(47)45(48)46-44(33)34-29-54(42(63)31-58)23-18-36(34)51-46/h11,13,15,17,19,24,28,51,58H,3-10,12,14,16,18,20-23,25-27,29-31H2,1-2H3,(H,49,60)(H,50,59)/b13-11+. The minimum Gasteiger partial charge on any atom is -0.387 e. The van der Waals surface area contributed by atoms with Crippen molar-refractivity contribution in [1.29, 1.82) is 0 Å².